The third-order valence-corrected chi connectivity index (χ3v) is 4.25. The lowest BCUT2D eigenvalue weighted by atomic mass is 9.91. The van der Waals surface area contributed by atoms with Crippen LogP contribution in [0.25, 0.3) is 0 Å². The van der Waals surface area contributed by atoms with Gasteiger partial charge >= 0.3 is 0 Å². The summed E-state index contributed by atoms with van der Waals surface area (Å²) in [4.78, 5) is 14.5. The van der Waals surface area contributed by atoms with Gasteiger partial charge in [-0.2, -0.15) is 0 Å². The molecule has 1 heterocycles. The van der Waals surface area contributed by atoms with E-state index in [4.69, 9.17) is 11.6 Å². The molecule has 18 heavy (non-hydrogen) atoms. The smallest absolute Gasteiger partial charge is 0.233 e. The van der Waals surface area contributed by atoms with E-state index in [9.17, 15) is 4.79 Å². The van der Waals surface area contributed by atoms with Gasteiger partial charge in [-0.05, 0) is 44.7 Å². The molecule has 0 atom stereocenters. The topological polar surface area (TPSA) is 20.3 Å². The molecule has 0 saturated heterocycles. The molecule has 0 saturated carbocycles. The number of carbonyl (C=O) groups is 1. The van der Waals surface area contributed by atoms with E-state index in [2.05, 4.69) is 25.1 Å². The van der Waals surface area contributed by atoms with E-state index >= 15 is 0 Å². The number of nitrogens with zero attached hydrogens (tertiary/aromatic N) is 1. The molecule has 2 nitrogen and oxygen atoms in total. The molecule has 0 spiro atoms. The molecular weight excluding hydrogens is 246 g/mol. The highest BCUT2D eigenvalue weighted by Crippen LogP contribution is 2.34. The first-order chi connectivity index (χ1) is 8.47. The van der Waals surface area contributed by atoms with Gasteiger partial charge in [-0.15, -0.1) is 11.6 Å². The summed E-state index contributed by atoms with van der Waals surface area (Å²) < 4.78 is 0. The predicted octanol–water partition coefficient (Wildman–Crippen LogP) is 3.54. The van der Waals surface area contributed by atoms with Gasteiger partial charge in [0.15, 0.2) is 0 Å². The number of alkyl halides is 1. The number of carbonyl (C=O) groups excluding carboxylic acids is 1. The second-order valence-corrected chi connectivity index (χ2v) is 5.93. The Morgan fingerprint density at radius 2 is 2.17 bits per heavy atom. The van der Waals surface area contributed by atoms with Gasteiger partial charge in [0.25, 0.3) is 0 Å². The summed E-state index contributed by atoms with van der Waals surface area (Å²) in [5.74, 6) is 0.483. The minimum absolute atomic E-state index is 0.132. The summed E-state index contributed by atoms with van der Waals surface area (Å²) >= 11 is 5.93. The van der Waals surface area contributed by atoms with Crippen LogP contribution in [0.1, 0.15) is 31.4 Å². The highest BCUT2D eigenvalue weighted by molar-refractivity contribution is 6.20. The Morgan fingerprint density at radius 1 is 1.44 bits per heavy atom. The molecule has 98 valence electrons. The number of fused-ring (bicyclic) bond motifs is 1. The van der Waals surface area contributed by atoms with Crippen LogP contribution in [0.3, 0.4) is 0 Å². The lowest BCUT2D eigenvalue weighted by Crippen LogP contribution is -2.44. The fourth-order valence-corrected chi connectivity index (χ4v) is 2.59. The maximum Gasteiger partial charge on any atom is 0.233 e. The van der Waals surface area contributed by atoms with Gasteiger partial charge in [0.05, 0.1) is 5.41 Å². The largest absolute Gasteiger partial charge is 0.311 e. The molecule has 1 amide bonds. The van der Waals surface area contributed by atoms with Crippen molar-refractivity contribution in [3.63, 3.8) is 0 Å². The Balaban J connectivity index is 2.42. The lowest BCUT2D eigenvalue weighted by Gasteiger charge is -2.36. The molecule has 1 aliphatic heterocycles. The van der Waals surface area contributed by atoms with E-state index < -0.39 is 5.41 Å². The van der Waals surface area contributed by atoms with Crippen molar-refractivity contribution >= 4 is 23.2 Å². The molecule has 0 aromatic heterocycles. The minimum Gasteiger partial charge on any atom is -0.311 e. The average Bonchev–Trinajstić information content (AvgIpc) is 2.37. The first-order valence-electron chi connectivity index (χ1n) is 6.44. The monoisotopic (exact) mass is 265 g/mol. The molecule has 0 N–H and O–H groups in total. The Bertz CT molecular complexity index is 468. The van der Waals surface area contributed by atoms with Gasteiger partial charge in [0.1, 0.15) is 0 Å². The van der Waals surface area contributed by atoms with E-state index in [0.29, 0.717) is 5.88 Å². The van der Waals surface area contributed by atoms with Gasteiger partial charge in [-0.25, -0.2) is 0 Å². The third-order valence-electron chi connectivity index (χ3n) is 3.58. The van der Waals surface area contributed by atoms with E-state index in [-0.39, 0.29) is 5.91 Å². The fourth-order valence-electron chi connectivity index (χ4n) is 2.47. The van der Waals surface area contributed by atoms with E-state index in [1.54, 1.807) is 0 Å². The molecule has 0 radical (unpaired) electrons. The fraction of sp³-hybridized carbons (Fsp3) is 0.533. The second-order valence-electron chi connectivity index (χ2n) is 5.66. The van der Waals surface area contributed by atoms with E-state index in [0.717, 1.165) is 25.1 Å². The number of aryl methyl sites for hydroxylation is 2. The molecule has 2 rings (SSSR count). The molecule has 0 bridgehead atoms. The van der Waals surface area contributed by atoms with Crippen LogP contribution >= 0.6 is 11.6 Å². The maximum absolute atomic E-state index is 12.6. The van der Waals surface area contributed by atoms with Crippen molar-refractivity contribution in [1.29, 1.82) is 0 Å². The third kappa shape index (κ3) is 2.26. The van der Waals surface area contributed by atoms with Gasteiger partial charge in [-0.1, -0.05) is 18.2 Å². The Labute approximate surface area is 114 Å². The summed E-state index contributed by atoms with van der Waals surface area (Å²) in [5.41, 5.74) is 3.05. The number of anilines is 1. The standard InChI is InChI=1S/C15H20ClNO/c1-11-6-4-7-12-8-5-9-17(13(11)12)14(18)15(2,3)10-16/h4,6-7H,5,8-10H2,1-3H3. The van der Waals surface area contributed by atoms with Crippen molar-refractivity contribution in [2.75, 3.05) is 17.3 Å². The van der Waals surface area contributed by atoms with Crippen LogP contribution in [0.2, 0.25) is 0 Å². The summed E-state index contributed by atoms with van der Waals surface area (Å²) in [7, 11) is 0. The predicted molar refractivity (Wildman–Crippen MR) is 76.4 cm³/mol. The van der Waals surface area contributed by atoms with Crippen LogP contribution in [-0.4, -0.2) is 18.3 Å². The van der Waals surface area contributed by atoms with Gasteiger partial charge < -0.3 is 4.90 Å². The van der Waals surface area contributed by atoms with E-state index in [1.165, 1.54) is 11.1 Å². The first kappa shape index (κ1) is 13.4. The van der Waals surface area contributed by atoms with Crippen molar-refractivity contribution in [2.45, 2.75) is 33.6 Å². The summed E-state index contributed by atoms with van der Waals surface area (Å²) in [5, 5.41) is 0. The highest BCUT2D eigenvalue weighted by atomic mass is 35.5. The summed E-state index contributed by atoms with van der Waals surface area (Å²) in [6.45, 7) is 6.69. The quantitative estimate of drug-likeness (QED) is 0.749. The summed E-state index contributed by atoms with van der Waals surface area (Å²) in [6, 6.07) is 6.25. The van der Waals surface area contributed by atoms with Crippen molar-refractivity contribution < 1.29 is 4.79 Å². The second kappa shape index (κ2) is 4.93. The van der Waals surface area contributed by atoms with E-state index in [1.807, 2.05) is 18.7 Å². The normalized spacial score (nSPS) is 15.4. The zero-order chi connectivity index (χ0) is 13.3. The lowest BCUT2D eigenvalue weighted by molar-refractivity contribution is -0.125. The summed E-state index contributed by atoms with van der Waals surface area (Å²) in [6.07, 6.45) is 2.09. The van der Waals surface area contributed by atoms with Crippen LogP contribution in [-0.2, 0) is 11.2 Å². The molecule has 0 unspecified atom stereocenters. The number of halogens is 1. The van der Waals surface area contributed by atoms with Crippen LogP contribution in [0.4, 0.5) is 5.69 Å². The van der Waals surface area contributed by atoms with Crippen LogP contribution < -0.4 is 4.90 Å². The van der Waals surface area contributed by atoms with Crippen molar-refractivity contribution in [1.82, 2.24) is 0 Å². The zero-order valence-electron chi connectivity index (χ0n) is 11.3. The number of amides is 1. The molecule has 1 aromatic carbocycles. The Kier molecular flexibility index (Phi) is 3.67. The molecule has 0 fully saturated rings. The number of hydrogen-bond acceptors (Lipinski definition) is 1. The first-order valence-corrected chi connectivity index (χ1v) is 6.97. The number of para-hydroxylation sites is 1. The van der Waals surface area contributed by atoms with Crippen LogP contribution in [0, 0.1) is 12.3 Å². The Hall–Kier alpha value is -1.02. The molecular formula is C15H20ClNO. The van der Waals surface area contributed by atoms with Gasteiger partial charge in [0, 0.05) is 18.1 Å². The highest BCUT2D eigenvalue weighted by Gasteiger charge is 2.34. The molecule has 1 aromatic rings. The maximum atomic E-state index is 12.6. The number of hydrogen-bond donors (Lipinski definition) is 0. The van der Waals surface area contributed by atoms with Crippen LogP contribution in [0.5, 0.6) is 0 Å². The molecule has 3 heteroatoms. The Morgan fingerprint density at radius 3 is 2.83 bits per heavy atom. The van der Waals surface area contributed by atoms with Crippen molar-refractivity contribution in [2.24, 2.45) is 5.41 Å². The SMILES string of the molecule is Cc1cccc2c1N(C(=O)C(C)(C)CCl)CCC2. The van der Waals surface area contributed by atoms with Gasteiger partial charge in [-0.3, -0.25) is 4.79 Å². The average molecular weight is 266 g/mol. The van der Waals surface area contributed by atoms with Crippen LogP contribution in [0.15, 0.2) is 18.2 Å². The van der Waals surface area contributed by atoms with Crippen molar-refractivity contribution in [3.05, 3.63) is 29.3 Å². The van der Waals surface area contributed by atoms with Crippen molar-refractivity contribution in [3.8, 4) is 0 Å². The minimum atomic E-state index is -0.502. The molecule has 1 aliphatic rings. The zero-order valence-corrected chi connectivity index (χ0v) is 12.0. The number of benzene rings is 1. The number of rotatable bonds is 2. The van der Waals surface area contributed by atoms with Gasteiger partial charge in [0.2, 0.25) is 5.91 Å². The molecule has 0 aliphatic carbocycles.